The Balaban J connectivity index is 1.96. The van der Waals surface area contributed by atoms with Gasteiger partial charge in [0.2, 0.25) is 5.60 Å². The van der Waals surface area contributed by atoms with Crippen molar-refractivity contribution >= 4 is 17.9 Å². The maximum Gasteiger partial charge on any atom is 0.351 e. The Morgan fingerprint density at radius 3 is 2.09 bits per heavy atom. The summed E-state index contributed by atoms with van der Waals surface area (Å²) >= 11 is 0. The van der Waals surface area contributed by atoms with Crippen LogP contribution in [0.1, 0.15) is 25.0 Å². The van der Waals surface area contributed by atoms with Crippen LogP contribution in [0.5, 0.6) is 23.0 Å². The quantitative estimate of drug-likeness (QED) is 0.402. The van der Waals surface area contributed by atoms with E-state index >= 15 is 0 Å². The third kappa shape index (κ3) is 5.24. The number of carbonyl (C=O) groups excluding carboxylic acids is 3. The van der Waals surface area contributed by atoms with E-state index < -0.39 is 29.4 Å². The Bertz CT molecular complexity index is 1080. The predicted molar refractivity (Wildman–Crippen MR) is 120 cm³/mol. The first-order valence-corrected chi connectivity index (χ1v) is 10.7. The Kier molecular flexibility index (Phi) is 7.65. The molecule has 1 heterocycles. The molecule has 0 radical (unpaired) electrons. The molecule has 0 saturated carbocycles. The highest BCUT2D eigenvalue weighted by atomic mass is 16.6. The van der Waals surface area contributed by atoms with Crippen LogP contribution in [-0.2, 0) is 36.7 Å². The summed E-state index contributed by atoms with van der Waals surface area (Å²) in [6, 6.07) is 10.4. The topological polar surface area (TPSA) is 107 Å². The minimum atomic E-state index is -1.53. The van der Waals surface area contributed by atoms with Gasteiger partial charge in [0, 0.05) is 26.2 Å². The van der Waals surface area contributed by atoms with Crippen LogP contribution in [0.2, 0.25) is 0 Å². The molecule has 0 spiro atoms. The molecule has 9 heteroatoms. The first-order valence-electron chi connectivity index (χ1n) is 10.7. The largest absolute Gasteiger partial charge is 0.493 e. The van der Waals surface area contributed by atoms with Crippen molar-refractivity contribution in [3.05, 3.63) is 47.5 Å². The maximum atomic E-state index is 13.0. The highest BCUT2D eigenvalue weighted by Gasteiger charge is 2.55. The highest BCUT2D eigenvalue weighted by Crippen LogP contribution is 2.39. The molecule has 0 N–H and O–H groups in total. The number of methoxy groups -OCH3 is 3. The summed E-state index contributed by atoms with van der Waals surface area (Å²) in [4.78, 5) is 36.4. The number of cyclic esters (lactones) is 1. The first-order chi connectivity index (χ1) is 16.2. The summed E-state index contributed by atoms with van der Waals surface area (Å²) in [5.74, 6) is -0.469. The van der Waals surface area contributed by atoms with Crippen molar-refractivity contribution in [3.8, 4) is 23.0 Å². The molecular formula is C25H28O9. The van der Waals surface area contributed by atoms with E-state index in [-0.39, 0.29) is 18.8 Å². The summed E-state index contributed by atoms with van der Waals surface area (Å²) in [5, 5.41) is 0. The fourth-order valence-electron chi connectivity index (χ4n) is 4.11. The zero-order valence-corrected chi connectivity index (χ0v) is 19.8. The standard InChI is InChI=1S/C25H28O9/c1-15(26)33-21-9-7-18(12-23(21)31-5)13-25(34-16(2)27)19(14-32-24(25)28)10-17-6-8-20(29-3)22(11-17)30-4/h6-9,11-12,19H,10,13-14H2,1-5H3/t19-,25-/m0/s1. The lowest BCUT2D eigenvalue weighted by molar-refractivity contribution is -0.174. The summed E-state index contributed by atoms with van der Waals surface area (Å²) in [7, 11) is 4.53. The Morgan fingerprint density at radius 1 is 0.882 bits per heavy atom. The molecule has 2 aromatic rings. The van der Waals surface area contributed by atoms with Gasteiger partial charge in [-0.1, -0.05) is 12.1 Å². The maximum absolute atomic E-state index is 13.0. The van der Waals surface area contributed by atoms with Crippen molar-refractivity contribution < 1.29 is 42.8 Å². The van der Waals surface area contributed by atoms with Crippen LogP contribution in [0.15, 0.2) is 36.4 Å². The van der Waals surface area contributed by atoms with Crippen LogP contribution in [0, 0.1) is 5.92 Å². The summed E-state index contributed by atoms with van der Waals surface area (Å²) in [5.41, 5.74) is -0.0297. The fraction of sp³-hybridized carbons (Fsp3) is 0.400. The lowest BCUT2D eigenvalue weighted by atomic mass is 9.80. The van der Waals surface area contributed by atoms with E-state index in [4.69, 9.17) is 28.4 Å². The third-order valence-corrected chi connectivity index (χ3v) is 5.62. The van der Waals surface area contributed by atoms with Crippen molar-refractivity contribution in [2.45, 2.75) is 32.3 Å². The van der Waals surface area contributed by atoms with Crippen LogP contribution in [0.3, 0.4) is 0 Å². The second-order valence-electron chi connectivity index (χ2n) is 7.93. The molecule has 1 saturated heterocycles. The zero-order chi connectivity index (χ0) is 24.9. The van der Waals surface area contributed by atoms with Crippen LogP contribution in [0.25, 0.3) is 0 Å². The van der Waals surface area contributed by atoms with Crippen LogP contribution in [0.4, 0.5) is 0 Å². The first kappa shape index (κ1) is 24.9. The smallest absolute Gasteiger partial charge is 0.351 e. The van der Waals surface area contributed by atoms with Crippen LogP contribution in [-0.4, -0.2) is 51.4 Å². The normalized spacial score (nSPS) is 19.2. The Morgan fingerprint density at radius 2 is 1.47 bits per heavy atom. The molecule has 1 aliphatic rings. The molecule has 9 nitrogen and oxygen atoms in total. The lowest BCUT2D eigenvalue weighted by Crippen LogP contribution is -2.48. The molecule has 1 fully saturated rings. The Labute approximate surface area is 197 Å². The summed E-state index contributed by atoms with van der Waals surface area (Å²) in [6.07, 6.45) is 0.447. The summed E-state index contributed by atoms with van der Waals surface area (Å²) in [6.45, 7) is 2.63. The van der Waals surface area contributed by atoms with E-state index in [0.717, 1.165) is 5.56 Å². The van der Waals surface area contributed by atoms with Gasteiger partial charge >= 0.3 is 17.9 Å². The molecule has 0 amide bonds. The number of carbonyl (C=O) groups is 3. The van der Waals surface area contributed by atoms with Crippen LogP contribution >= 0.6 is 0 Å². The minimum Gasteiger partial charge on any atom is -0.493 e. The van der Waals surface area contributed by atoms with Gasteiger partial charge in [-0.25, -0.2) is 4.79 Å². The van der Waals surface area contributed by atoms with E-state index in [2.05, 4.69) is 0 Å². The number of hydrogen-bond acceptors (Lipinski definition) is 9. The number of ether oxygens (including phenoxy) is 6. The minimum absolute atomic E-state index is 0.0556. The molecule has 182 valence electrons. The second-order valence-corrected chi connectivity index (χ2v) is 7.93. The zero-order valence-electron chi connectivity index (χ0n) is 19.8. The van der Waals surface area contributed by atoms with Crippen molar-refractivity contribution in [3.63, 3.8) is 0 Å². The van der Waals surface area contributed by atoms with Gasteiger partial charge in [-0.2, -0.15) is 0 Å². The van der Waals surface area contributed by atoms with Gasteiger partial charge in [-0.05, 0) is 41.8 Å². The lowest BCUT2D eigenvalue weighted by Gasteiger charge is -2.31. The van der Waals surface area contributed by atoms with Gasteiger partial charge in [-0.3, -0.25) is 9.59 Å². The summed E-state index contributed by atoms with van der Waals surface area (Å²) < 4.78 is 32.2. The molecule has 34 heavy (non-hydrogen) atoms. The van der Waals surface area contributed by atoms with E-state index in [0.29, 0.717) is 29.2 Å². The van der Waals surface area contributed by atoms with Crippen molar-refractivity contribution in [2.75, 3.05) is 27.9 Å². The van der Waals surface area contributed by atoms with Crippen molar-refractivity contribution in [1.29, 1.82) is 0 Å². The van der Waals surface area contributed by atoms with E-state index in [1.807, 2.05) is 12.1 Å². The molecule has 0 unspecified atom stereocenters. The number of esters is 3. The molecule has 1 aliphatic heterocycles. The van der Waals surface area contributed by atoms with E-state index in [9.17, 15) is 14.4 Å². The monoisotopic (exact) mass is 472 g/mol. The molecule has 2 aromatic carbocycles. The molecule has 0 aromatic heterocycles. The average molecular weight is 472 g/mol. The number of benzene rings is 2. The Hall–Kier alpha value is -3.75. The SMILES string of the molecule is COc1ccc(C[C@H]2COC(=O)[C@@]2(Cc2ccc(OC(C)=O)c(OC)c2)OC(C)=O)cc1OC. The van der Waals surface area contributed by atoms with Crippen molar-refractivity contribution in [2.24, 2.45) is 5.92 Å². The molecule has 3 rings (SSSR count). The van der Waals surface area contributed by atoms with E-state index in [1.165, 1.54) is 21.0 Å². The number of hydrogen-bond donors (Lipinski definition) is 0. The average Bonchev–Trinajstić information content (AvgIpc) is 3.08. The van der Waals surface area contributed by atoms with Gasteiger partial charge in [0.15, 0.2) is 23.0 Å². The van der Waals surface area contributed by atoms with Gasteiger partial charge in [-0.15, -0.1) is 0 Å². The third-order valence-electron chi connectivity index (χ3n) is 5.62. The molecule has 2 atom stereocenters. The van der Waals surface area contributed by atoms with E-state index in [1.54, 1.807) is 38.5 Å². The fourth-order valence-corrected chi connectivity index (χ4v) is 4.11. The molecule has 0 aliphatic carbocycles. The molecular weight excluding hydrogens is 444 g/mol. The van der Waals surface area contributed by atoms with Gasteiger partial charge in [0.05, 0.1) is 27.9 Å². The van der Waals surface area contributed by atoms with Crippen molar-refractivity contribution in [1.82, 2.24) is 0 Å². The van der Waals surface area contributed by atoms with Crippen LogP contribution < -0.4 is 18.9 Å². The highest BCUT2D eigenvalue weighted by molar-refractivity contribution is 5.85. The number of rotatable bonds is 9. The van der Waals surface area contributed by atoms with Gasteiger partial charge < -0.3 is 28.4 Å². The predicted octanol–water partition coefficient (Wildman–Crippen LogP) is 2.90. The van der Waals surface area contributed by atoms with Gasteiger partial charge in [0.25, 0.3) is 0 Å². The molecule has 0 bridgehead atoms. The van der Waals surface area contributed by atoms with Gasteiger partial charge in [0.1, 0.15) is 0 Å². The second kappa shape index (κ2) is 10.5.